The zero-order valence-electron chi connectivity index (χ0n) is 22.7. The largest absolute Gasteiger partial charge is 0.409 e. The molecule has 1 aromatic carbocycles. The number of fused-ring (bicyclic) bond motifs is 1. The number of pyridine rings is 1. The Balaban J connectivity index is 1.58. The first kappa shape index (κ1) is 27.7. The SMILES string of the molecule is CC1CCC(Cn2c(N3CCOC[C@H]3c3ccccc3)nc3nc(C(N)=NO)nc(-c4cc(Cl)nc(Cl)c4)c32)CC1. The van der Waals surface area contributed by atoms with Gasteiger partial charge in [0.2, 0.25) is 17.6 Å². The second-order valence-corrected chi connectivity index (χ2v) is 11.7. The maximum atomic E-state index is 9.46. The minimum Gasteiger partial charge on any atom is -0.409 e. The number of oxime groups is 1. The van der Waals surface area contributed by atoms with Crippen LogP contribution >= 0.6 is 23.2 Å². The van der Waals surface area contributed by atoms with Gasteiger partial charge in [-0.05, 0) is 42.4 Å². The molecule has 0 amide bonds. The molecule has 1 atom stereocenters. The zero-order valence-corrected chi connectivity index (χ0v) is 24.3. The van der Waals surface area contributed by atoms with Crippen LogP contribution in [0.4, 0.5) is 5.95 Å². The van der Waals surface area contributed by atoms with Gasteiger partial charge in [0, 0.05) is 18.7 Å². The number of amidine groups is 1. The number of rotatable bonds is 6. The van der Waals surface area contributed by atoms with E-state index in [0.29, 0.717) is 42.6 Å². The molecule has 1 aliphatic carbocycles. The Morgan fingerprint density at radius 2 is 1.78 bits per heavy atom. The van der Waals surface area contributed by atoms with Crippen molar-refractivity contribution in [3.05, 3.63) is 64.2 Å². The topological polar surface area (TPSA) is 128 Å². The Morgan fingerprint density at radius 3 is 2.49 bits per heavy atom. The molecule has 0 unspecified atom stereocenters. The predicted octanol–water partition coefficient (Wildman–Crippen LogP) is 5.69. The average molecular weight is 596 g/mol. The lowest BCUT2D eigenvalue weighted by Crippen LogP contribution is -2.41. The number of imidazole rings is 1. The number of morpholine rings is 1. The standard InChI is InChI=1S/C29H32Cl2N8O2/c1-17-7-9-18(10-8-17)15-39-25-24(20-13-22(30)33-23(31)14-20)34-28(26(32)37-40)35-27(25)36-29(39)38-11-12-41-16-21(38)19-5-3-2-4-6-19/h2-6,13-14,17-18,21,40H,7-12,15-16H2,1H3,(H2,32,37)/t17?,18?,21-/m0/s1. The maximum Gasteiger partial charge on any atom is 0.208 e. The van der Waals surface area contributed by atoms with Crippen molar-refractivity contribution in [2.45, 2.75) is 45.2 Å². The van der Waals surface area contributed by atoms with E-state index < -0.39 is 0 Å². The van der Waals surface area contributed by atoms with Crippen molar-refractivity contribution in [3.8, 4) is 11.3 Å². The van der Waals surface area contributed by atoms with Gasteiger partial charge in [0.1, 0.15) is 21.5 Å². The van der Waals surface area contributed by atoms with Crippen molar-refractivity contribution in [2.24, 2.45) is 22.7 Å². The van der Waals surface area contributed by atoms with Crippen molar-refractivity contribution < 1.29 is 9.94 Å². The summed E-state index contributed by atoms with van der Waals surface area (Å²) >= 11 is 12.7. The number of nitrogens with two attached hydrogens (primary N) is 1. The van der Waals surface area contributed by atoms with Crippen molar-refractivity contribution in [2.75, 3.05) is 24.7 Å². The van der Waals surface area contributed by atoms with Gasteiger partial charge in [-0.15, -0.1) is 0 Å². The number of hydrogen-bond acceptors (Lipinski definition) is 8. The van der Waals surface area contributed by atoms with E-state index in [4.69, 9.17) is 43.6 Å². The predicted molar refractivity (Wildman–Crippen MR) is 160 cm³/mol. The van der Waals surface area contributed by atoms with Crippen LogP contribution in [0.25, 0.3) is 22.4 Å². The molecule has 41 heavy (non-hydrogen) atoms. The van der Waals surface area contributed by atoms with Gasteiger partial charge in [-0.3, -0.25) is 0 Å². The Hall–Kier alpha value is -3.47. The molecule has 0 bridgehead atoms. The molecule has 0 spiro atoms. The summed E-state index contributed by atoms with van der Waals surface area (Å²) in [5, 5.41) is 13.1. The van der Waals surface area contributed by atoms with Crippen LogP contribution in [0.15, 0.2) is 47.6 Å². The van der Waals surface area contributed by atoms with Crippen LogP contribution in [-0.2, 0) is 11.3 Å². The minimum absolute atomic E-state index is 0.0309. The number of halogens is 2. The maximum absolute atomic E-state index is 9.46. The fraction of sp³-hybridized carbons (Fsp3) is 0.414. The lowest BCUT2D eigenvalue weighted by Gasteiger charge is -2.37. The van der Waals surface area contributed by atoms with E-state index in [9.17, 15) is 5.21 Å². The Labute approximate surface area is 248 Å². The van der Waals surface area contributed by atoms with Gasteiger partial charge in [0.25, 0.3) is 0 Å². The smallest absolute Gasteiger partial charge is 0.208 e. The van der Waals surface area contributed by atoms with Gasteiger partial charge >= 0.3 is 0 Å². The highest BCUT2D eigenvalue weighted by Crippen LogP contribution is 2.38. The number of aromatic nitrogens is 5. The summed E-state index contributed by atoms with van der Waals surface area (Å²) in [6, 6.07) is 13.7. The number of ether oxygens (including phenoxy) is 1. The molecule has 4 aromatic rings. The molecule has 1 saturated heterocycles. The monoisotopic (exact) mass is 594 g/mol. The number of benzene rings is 1. The van der Waals surface area contributed by atoms with Crippen LogP contribution in [-0.4, -0.2) is 55.3 Å². The summed E-state index contributed by atoms with van der Waals surface area (Å²) in [6.45, 7) is 4.86. The van der Waals surface area contributed by atoms with E-state index in [0.717, 1.165) is 42.3 Å². The summed E-state index contributed by atoms with van der Waals surface area (Å²) < 4.78 is 8.19. The van der Waals surface area contributed by atoms with Gasteiger partial charge in [0.15, 0.2) is 5.65 Å². The molecule has 0 radical (unpaired) electrons. The molecule has 1 saturated carbocycles. The molecule has 12 heteroatoms. The van der Waals surface area contributed by atoms with Crippen molar-refractivity contribution in [1.29, 1.82) is 0 Å². The summed E-state index contributed by atoms with van der Waals surface area (Å²) in [6.07, 6.45) is 4.67. The Kier molecular flexibility index (Phi) is 7.96. The average Bonchev–Trinajstić information content (AvgIpc) is 3.35. The highest BCUT2D eigenvalue weighted by atomic mass is 35.5. The fourth-order valence-electron chi connectivity index (χ4n) is 5.94. The summed E-state index contributed by atoms with van der Waals surface area (Å²) in [5.41, 5.74) is 9.50. The zero-order chi connectivity index (χ0) is 28.5. The van der Waals surface area contributed by atoms with Crippen molar-refractivity contribution >= 4 is 46.1 Å². The number of anilines is 1. The first-order valence-corrected chi connectivity index (χ1v) is 14.7. The Morgan fingerprint density at radius 1 is 1.05 bits per heavy atom. The lowest BCUT2D eigenvalue weighted by molar-refractivity contribution is 0.0927. The molecular formula is C29H32Cl2N8O2. The molecule has 10 nitrogen and oxygen atoms in total. The highest BCUT2D eigenvalue weighted by Gasteiger charge is 2.32. The highest BCUT2D eigenvalue weighted by molar-refractivity contribution is 6.33. The third-order valence-electron chi connectivity index (χ3n) is 8.10. The quantitative estimate of drug-likeness (QED) is 0.0957. The van der Waals surface area contributed by atoms with Crippen molar-refractivity contribution in [1.82, 2.24) is 24.5 Å². The normalized spacial score (nSPS) is 21.9. The van der Waals surface area contributed by atoms with Crippen LogP contribution in [0.5, 0.6) is 0 Å². The molecule has 2 aliphatic rings. The molecule has 3 aromatic heterocycles. The molecular weight excluding hydrogens is 563 g/mol. The van der Waals surface area contributed by atoms with E-state index in [1.54, 1.807) is 12.1 Å². The van der Waals surface area contributed by atoms with Gasteiger partial charge in [-0.2, -0.15) is 4.98 Å². The van der Waals surface area contributed by atoms with E-state index >= 15 is 0 Å². The van der Waals surface area contributed by atoms with Gasteiger partial charge in [-0.1, -0.05) is 78.5 Å². The lowest BCUT2D eigenvalue weighted by atomic mass is 9.83. The second-order valence-electron chi connectivity index (χ2n) is 10.9. The van der Waals surface area contributed by atoms with Gasteiger partial charge in [-0.25, -0.2) is 15.0 Å². The van der Waals surface area contributed by atoms with E-state index in [-0.39, 0.29) is 28.0 Å². The van der Waals surface area contributed by atoms with Gasteiger partial charge in [0.05, 0.1) is 19.3 Å². The molecule has 2 fully saturated rings. The van der Waals surface area contributed by atoms with Crippen LogP contribution in [0, 0.1) is 11.8 Å². The molecule has 3 N–H and O–H groups in total. The second kappa shape index (κ2) is 11.8. The first-order valence-electron chi connectivity index (χ1n) is 13.9. The van der Waals surface area contributed by atoms with Crippen LogP contribution in [0.2, 0.25) is 10.3 Å². The summed E-state index contributed by atoms with van der Waals surface area (Å²) in [4.78, 5) is 20.9. The summed E-state index contributed by atoms with van der Waals surface area (Å²) in [7, 11) is 0. The van der Waals surface area contributed by atoms with E-state index in [1.165, 1.54) is 12.8 Å². The van der Waals surface area contributed by atoms with Crippen LogP contribution < -0.4 is 10.6 Å². The van der Waals surface area contributed by atoms with E-state index in [1.807, 2.05) is 18.2 Å². The fourth-order valence-corrected chi connectivity index (χ4v) is 6.40. The first-order chi connectivity index (χ1) is 19.9. The number of hydrogen-bond donors (Lipinski definition) is 2. The third-order valence-corrected chi connectivity index (χ3v) is 8.49. The molecule has 214 valence electrons. The van der Waals surface area contributed by atoms with Crippen LogP contribution in [0.1, 0.15) is 50.0 Å². The third kappa shape index (κ3) is 5.68. The molecule has 1 aliphatic heterocycles. The molecule has 4 heterocycles. The Bertz CT molecular complexity index is 1550. The van der Waals surface area contributed by atoms with Crippen LogP contribution in [0.3, 0.4) is 0 Å². The minimum atomic E-state index is -0.217. The van der Waals surface area contributed by atoms with Gasteiger partial charge < -0.3 is 25.1 Å². The molecule has 6 rings (SSSR count). The van der Waals surface area contributed by atoms with Crippen molar-refractivity contribution in [3.63, 3.8) is 0 Å². The van der Waals surface area contributed by atoms with E-state index in [2.05, 4.69) is 43.6 Å². The summed E-state index contributed by atoms with van der Waals surface area (Å²) in [5.74, 6) is 1.83. The number of nitrogens with zero attached hydrogens (tertiary/aromatic N) is 7.